The first-order chi connectivity index (χ1) is 20.0. The van der Waals surface area contributed by atoms with E-state index >= 15 is 0 Å². The molecule has 0 spiro atoms. The van der Waals surface area contributed by atoms with Gasteiger partial charge >= 0.3 is 11.0 Å². The van der Waals surface area contributed by atoms with Crippen molar-refractivity contribution in [1.29, 1.82) is 0 Å². The predicted octanol–water partition coefficient (Wildman–Crippen LogP) is 6.13. The number of thioether (sulfide) groups is 1. The van der Waals surface area contributed by atoms with E-state index in [2.05, 4.69) is 21.2 Å². The number of benzene rings is 3. The third-order valence-corrected chi connectivity index (χ3v) is 10.2. The molecule has 0 aliphatic carbocycles. The van der Waals surface area contributed by atoms with Crippen LogP contribution >= 0.6 is 39.0 Å². The van der Waals surface area contributed by atoms with Crippen LogP contribution in [0.1, 0.15) is 21.9 Å². The van der Waals surface area contributed by atoms with Crippen molar-refractivity contribution in [2.24, 2.45) is 5.92 Å². The minimum absolute atomic E-state index is 0.0671. The number of anilines is 2. The minimum Gasteiger partial charge on any atom is -0.325 e. The molecule has 3 atom stereocenters. The Morgan fingerprint density at radius 3 is 2.33 bits per heavy atom. The first-order valence-electron chi connectivity index (χ1n) is 12.6. The Morgan fingerprint density at radius 2 is 1.64 bits per heavy atom. The third-order valence-electron chi connectivity index (χ3n) is 7.07. The summed E-state index contributed by atoms with van der Waals surface area (Å²) in [5, 5.41) is 1.96. The van der Waals surface area contributed by atoms with Gasteiger partial charge in [-0.2, -0.15) is 13.2 Å². The highest BCUT2D eigenvalue weighted by Crippen LogP contribution is 2.54. The zero-order valence-corrected chi connectivity index (χ0v) is 24.5. The van der Waals surface area contributed by atoms with Crippen molar-refractivity contribution in [3.8, 4) is 0 Å². The molecule has 2 aliphatic rings. The van der Waals surface area contributed by atoms with Gasteiger partial charge in [0.05, 0.1) is 22.2 Å². The van der Waals surface area contributed by atoms with Crippen LogP contribution in [0.15, 0.2) is 93.2 Å². The van der Waals surface area contributed by atoms with Crippen LogP contribution in [-0.4, -0.2) is 27.5 Å². The van der Waals surface area contributed by atoms with E-state index in [0.717, 1.165) is 45.3 Å². The van der Waals surface area contributed by atoms with E-state index in [1.807, 2.05) is 24.3 Å². The molecule has 4 aromatic rings. The summed E-state index contributed by atoms with van der Waals surface area (Å²) >= 11 is 5.37. The van der Waals surface area contributed by atoms with Crippen molar-refractivity contribution in [2.45, 2.75) is 28.9 Å². The summed E-state index contributed by atoms with van der Waals surface area (Å²) in [5.74, 6) is -2.93. The lowest BCUT2D eigenvalue weighted by molar-refractivity contribution is -0.137. The van der Waals surface area contributed by atoms with E-state index in [9.17, 15) is 32.3 Å². The lowest BCUT2D eigenvalue weighted by Crippen LogP contribution is -2.33. The molecule has 1 fully saturated rings. The maximum Gasteiger partial charge on any atom is 0.416 e. The van der Waals surface area contributed by atoms with Gasteiger partial charge in [0, 0.05) is 21.0 Å². The van der Waals surface area contributed by atoms with Crippen molar-refractivity contribution in [3.05, 3.63) is 109 Å². The van der Waals surface area contributed by atoms with Gasteiger partial charge < -0.3 is 5.32 Å². The fourth-order valence-electron chi connectivity index (χ4n) is 5.23. The molecule has 1 aromatic heterocycles. The number of halogens is 4. The molecule has 2 aliphatic heterocycles. The highest BCUT2D eigenvalue weighted by atomic mass is 79.9. The van der Waals surface area contributed by atoms with Gasteiger partial charge in [0.2, 0.25) is 17.7 Å². The molecule has 214 valence electrons. The van der Waals surface area contributed by atoms with Gasteiger partial charge in [-0.25, -0.2) is 4.90 Å². The summed E-state index contributed by atoms with van der Waals surface area (Å²) in [6.07, 6.45) is -4.59. The molecule has 7 nitrogen and oxygen atoms in total. The van der Waals surface area contributed by atoms with Gasteiger partial charge in [-0.15, -0.1) is 0 Å². The van der Waals surface area contributed by atoms with Crippen LogP contribution in [0.25, 0.3) is 0 Å². The molecule has 2 unspecified atom stereocenters. The van der Waals surface area contributed by atoms with Gasteiger partial charge in [-0.05, 0) is 48.0 Å². The maximum atomic E-state index is 13.8. The molecule has 0 saturated carbocycles. The average molecular weight is 675 g/mol. The van der Waals surface area contributed by atoms with Crippen LogP contribution in [0.4, 0.5) is 24.5 Å². The first kappa shape index (κ1) is 28.4. The largest absolute Gasteiger partial charge is 0.416 e. The van der Waals surface area contributed by atoms with Crippen LogP contribution in [-0.2, 0) is 27.1 Å². The van der Waals surface area contributed by atoms with Crippen LogP contribution in [0.5, 0.6) is 0 Å². The minimum atomic E-state index is -4.59. The average Bonchev–Trinajstić information content (AvgIpc) is 3.40. The Kier molecular flexibility index (Phi) is 7.36. The lowest BCUT2D eigenvalue weighted by atomic mass is 9.83. The first-order valence-corrected chi connectivity index (χ1v) is 15.1. The monoisotopic (exact) mass is 673 g/mol. The van der Waals surface area contributed by atoms with Crippen molar-refractivity contribution in [2.75, 3.05) is 10.2 Å². The van der Waals surface area contributed by atoms with E-state index in [4.69, 9.17) is 0 Å². The number of alkyl halides is 3. The maximum absolute atomic E-state index is 13.8. The summed E-state index contributed by atoms with van der Waals surface area (Å²) < 4.78 is 41.4. The van der Waals surface area contributed by atoms with Crippen LogP contribution in [0, 0.1) is 5.92 Å². The van der Waals surface area contributed by atoms with E-state index in [0.29, 0.717) is 15.6 Å². The number of thiazole rings is 1. The molecule has 0 radical (unpaired) electrons. The van der Waals surface area contributed by atoms with Crippen LogP contribution in [0.3, 0.4) is 0 Å². The second-order valence-corrected chi connectivity index (χ2v) is 12.7. The fraction of sp³-hybridized carbons (Fsp3) is 0.172. The Bertz CT molecular complexity index is 1770. The molecule has 0 bridgehead atoms. The summed E-state index contributed by atoms with van der Waals surface area (Å²) in [4.78, 5) is 55.0. The van der Waals surface area contributed by atoms with Crippen LogP contribution < -0.4 is 15.1 Å². The summed E-state index contributed by atoms with van der Waals surface area (Å²) in [7, 11) is 0. The SMILES string of the molecule is O=C(Cn1c2c(sc1=O)[C@H](c1ccc(Br)cc1)C1C(=O)N(c3ccccc3)C(=O)C1S2)Nc1cccc(C(F)(F)F)c1. The van der Waals surface area contributed by atoms with E-state index in [1.165, 1.54) is 21.6 Å². The number of aromatic nitrogens is 1. The molecule has 1 saturated heterocycles. The summed E-state index contributed by atoms with van der Waals surface area (Å²) in [6, 6.07) is 20.1. The molecule has 3 amide bonds. The van der Waals surface area contributed by atoms with Crippen molar-refractivity contribution >= 4 is 68.1 Å². The van der Waals surface area contributed by atoms with Gasteiger partial charge in [-0.1, -0.05) is 75.4 Å². The van der Waals surface area contributed by atoms with Crippen molar-refractivity contribution in [3.63, 3.8) is 0 Å². The highest BCUT2D eigenvalue weighted by Gasteiger charge is 2.56. The number of fused-ring (bicyclic) bond motifs is 2. The number of rotatable bonds is 5. The third kappa shape index (κ3) is 5.09. The Balaban J connectivity index is 1.37. The molecule has 3 aromatic carbocycles. The highest BCUT2D eigenvalue weighted by molar-refractivity contribution is 9.10. The zero-order chi connectivity index (χ0) is 29.8. The molecule has 13 heteroatoms. The van der Waals surface area contributed by atoms with E-state index in [1.54, 1.807) is 30.3 Å². The number of hydrogen-bond acceptors (Lipinski definition) is 6. The molecule has 42 heavy (non-hydrogen) atoms. The predicted molar refractivity (Wildman–Crippen MR) is 157 cm³/mol. The van der Waals surface area contributed by atoms with E-state index in [-0.39, 0.29) is 11.6 Å². The Hall–Kier alpha value is -3.68. The number of nitrogens with one attached hydrogen (secondary N) is 1. The second kappa shape index (κ2) is 10.9. The molecular formula is C29H19BrF3N3O4S2. The molecule has 3 heterocycles. The zero-order valence-electron chi connectivity index (χ0n) is 21.3. The van der Waals surface area contributed by atoms with Crippen LogP contribution in [0.2, 0.25) is 0 Å². The Morgan fingerprint density at radius 1 is 0.929 bits per heavy atom. The number of carbonyl (C=O) groups is 3. The number of imide groups is 1. The van der Waals surface area contributed by atoms with Crippen molar-refractivity contribution in [1.82, 2.24) is 4.57 Å². The summed E-state index contributed by atoms with van der Waals surface area (Å²) in [5.41, 5.74) is 0.185. The number of amides is 3. The number of nitrogens with zero attached hydrogens (tertiary/aromatic N) is 2. The van der Waals surface area contributed by atoms with Gasteiger partial charge in [-0.3, -0.25) is 23.7 Å². The smallest absolute Gasteiger partial charge is 0.325 e. The normalized spacial score (nSPS) is 19.9. The van der Waals surface area contributed by atoms with Gasteiger partial charge in [0.25, 0.3) is 0 Å². The Labute approximate surface area is 253 Å². The standard InChI is InChI=1S/C29H19BrF3N3O4S2/c30-17-11-9-15(10-12-17)21-22-23(26(39)36(25(22)38)19-7-2-1-3-8-19)41-27-24(21)42-28(40)35(27)14-20(37)34-18-6-4-5-16(13-18)29(31,32)33/h1-13,21-23H,14H2,(H,34,37)/t21-,22?,23?/m1/s1. The molecular weight excluding hydrogens is 655 g/mol. The topological polar surface area (TPSA) is 88.5 Å². The number of carbonyl (C=O) groups excluding carboxylic acids is 3. The van der Waals surface area contributed by atoms with Crippen molar-refractivity contribution < 1.29 is 27.6 Å². The number of hydrogen-bond donors (Lipinski definition) is 1. The number of para-hydroxylation sites is 1. The molecule has 6 rings (SSSR count). The quantitative estimate of drug-likeness (QED) is 0.258. The van der Waals surface area contributed by atoms with Gasteiger partial charge in [0.15, 0.2) is 0 Å². The van der Waals surface area contributed by atoms with E-state index < -0.39 is 52.1 Å². The summed E-state index contributed by atoms with van der Waals surface area (Å²) in [6.45, 7) is -0.483. The lowest BCUT2D eigenvalue weighted by Gasteiger charge is -2.30. The second-order valence-electron chi connectivity index (χ2n) is 9.69. The van der Waals surface area contributed by atoms with Gasteiger partial charge in [0.1, 0.15) is 11.8 Å². The fourth-order valence-corrected chi connectivity index (χ4v) is 8.27. The molecule has 1 N–H and O–H groups in total.